The van der Waals surface area contributed by atoms with Crippen LogP contribution in [0, 0.1) is 5.82 Å². The Balaban J connectivity index is 1.94. The molecule has 0 unspecified atom stereocenters. The summed E-state index contributed by atoms with van der Waals surface area (Å²) in [6, 6.07) is 6.47. The summed E-state index contributed by atoms with van der Waals surface area (Å²) in [4.78, 5) is 15.9. The molecule has 152 valence electrons. The van der Waals surface area contributed by atoms with E-state index in [9.17, 15) is 17.6 Å². The van der Waals surface area contributed by atoms with Crippen molar-refractivity contribution in [3.63, 3.8) is 0 Å². The lowest BCUT2D eigenvalue weighted by Crippen LogP contribution is -2.39. The predicted octanol–water partition coefficient (Wildman–Crippen LogP) is 1.98. The number of likely N-dealkylation sites (N-methyl/N-ethyl adjacent to an activating group) is 1. The molecule has 2 N–H and O–H groups in total. The molecule has 11 heteroatoms. The fraction of sp³-hybridized carbons (Fsp3) is 0.294. The normalized spacial score (nSPS) is 11.5. The number of aromatic nitrogens is 1. The number of benzene rings is 1. The average molecular weight is 411 g/mol. The number of nitrogens with zero attached hydrogens (tertiary/aromatic N) is 3. The van der Waals surface area contributed by atoms with Gasteiger partial charge in [0.05, 0.1) is 11.9 Å². The van der Waals surface area contributed by atoms with Gasteiger partial charge in [0.2, 0.25) is 0 Å². The summed E-state index contributed by atoms with van der Waals surface area (Å²) in [7, 11) is 0.714. The van der Waals surface area contributed by atoms with Crippen molar-refractivity contribution in [2.24, 2.45) is 0 Å². The van der Waals surface area contributed by atoms with Crippen LogP contribution < -0.4 is 15.4 Å². The zero-order valence-electron chi connectivity index (χ0n) is 15.7. The molecule has 0 atom stereocenters. The van der Waals surface area contributed by atoms with Gasteiger partial charge in [-0.15, -0.1) is 0 Å². The molecule has 0 radical (unpaired) electrons. The minimum absolute atomic E-state index is 0.00828. The van der Waals surface area contributed by atoms with Gasteiger partial charge in [0.15, 0.2) is 0 Å². The fourth-order valence-corrected chi connectivity index (χ4v) is 3.00. The number of amides is 2. The van der Waals surface area contributed by atoms with E-state index < -0.39 is 22.1 Å². The molecule has 1 aromatic heterocycles. The van der Waals surface area contributed by atoms with Crippen LogP contribution in [-0.2, 0) is 10.2 Å². The summed E-state index contributed by atoms with van der Waals surface area (Å²) >= 11 is 0. The monoisotopic (exact) mass is 411 g/mol. The first-order valence-corrected chi connectivity index (χ1v) is 9.63. The largest absolute Gasteiger partial charge is 0.492 e. The standard InChI is InChI=1S/C17H22FN5O4S/c1-22(2)28(25,26)23(3)7-8-27-16-10-13(18)9-15(11-16)21-17(24)20-14-5-4-6-19-12-14/h4-6,9-12H,7-8H2,1-3H3,(H2,20,21,24). The number of anilines is 2. The van der Waals surface area contributed by atoms with Crippen LogP contribution in [0.1, 0.15) is 0 Å². The minimum Gasteiger partial charge on any atom is -0.492 e. The number of rotatable bonds is 8. The van der Waals surface area contributed by atoms with Gasteiger partial charge in [0, 0.05) is 51.7 Å². The van der Waals surface area contributed by atoms with Gasteiger partial charge in [-0.25, -0.2) is 9.18 Å². The number of pyridine rings is 1. The molecule has 0 aliphatic rings. The first-order chi connectivity index (χ1) is 13.2. The van der Waals surface area contributed by atoms with Crippen molar-refractivity contribution in [1.29, 1.82) is 0 Å². The van der Waals surface area contributed by atoms with Crippen LogP contribution in [0.5, 0.6) is 5.75 Å². The van der Waals surface area contributed by atoms with Crippen LogP contribution in [0.3, 0.4) is 0 Å². The third kappa shape index (κ3) is 6.15. The van der Waals surface area contributed by atoms with E-state index in [1.807, 2.05) is 0 Å². The highest BCUT2D eigenvalue weighted by molar-refractivity contribution is 7.86. The molecule has 0 saturated heterocycles. The number of nitrogens with one attached hydrogen (secondary N) is 2. The van der Waals surface area contributed by atoms with Gasteiger partial charge in [-0.3, -0.25) is 4.98 Å². The Bertz CT molecular complexity index is 909. The second-order valence-corrected chi connectivity index (χ2v) is 8.21. The maximum absolute atomic E-state index is 13.8. The minimum atomic E-state index is -3.55. The van der Waals surface area contributed by atoms with Gasteiger partial charge in [-0.1, -0.05) is 0 Å². The Morgan fingerprint density at radius 1 is 1.18 bits per heavy atom. The van der Waals surface area contributed by atoms with Crippen LogP contribution in [0.2, 0.25) is 0 Å². The van der Waals surface area contributed by atoms with Crippen LogP contribution in [0.25, 0.3) is 0 Å². The Morgan fingerprint density at radius 2 is 1.89 bits per heavy atom. The van der Waals surface area contributed by atoms with E-state index in [2.05, 4.69) is 15.6 Å². The molecule has 1 aromatic carbocycles. The SMILES string of the molecule is CN(C)S(=O)(=O)N(C)CCOc1cc(F)cc(NC(=O)Nc2cccnc2)c1. The van der Waals surface area contributed by atoms with Crippen LogP contribution in [0.4, 0.5) is 20.6 Å². The number of urea groups is 1. The molecule has 0 aliphatic heterocycles. The molecule has 2 amide bonds. The summed E-state index contributed by atoms with van der Waals surface area (Å²) in [6.07, 6.45) is 3.04. The maximum atomic E-state index is 13.8. The summed E-state index contributed by atoms with van der Waals surface area (Å²) in [5.41, 5.74) is 0.670. The lowest BCUT2D eigenvalue weighted by molar-refractivity contribution is 0.262. The quantitative estimate of drug-likeness (QED) is 0.691. The van der Waals surface area contributed by atoms with E-state index in [1.54, 1.807) is 18.3 Å². The maximum Gasteiger partial charge on any atom is 0.323 e. The lowest BCUT2D eigenvalue weighted by Gasteiger charge is -2.21. The second-order valence-electron chi connectivity index (χ2n) is 5.96. The summed E-state index contributed by atoms with van der Waals surface area (Å²) in [5, 5.41) is 5.06. The van der Waals surface area contributed by atoms with Crippen molar-refractivity contribution in [3.8, 4) is 5.75 Å². The zero-order valence-corrected chi connectivity index (χ0v) is 16.5. The number of hydrogen-bond donors (Lipinski definition) is 2. The van der Waals surface area contributed by atoms with Gasteiger partial charge in [-0.2, -0.15) is 17.0 Å². The number of hydrogen-bond acceptors (Lipinski definition) is 5. The molecule has 28 heavy (non-hydrogen) atoms. The molecule has 1 heterocycles. The van der Waals surface area contributed by atoms with Crippen LogP contribution in [0.15, 0.2) is 42.7 Å². The van der Waals surface area contributed by atoms with Gasteiger partial charge < -0.3 is 15.4 Å². The smallest absolute Gasteiger partial charge is 0.323 e. The van der Waals surface area contributed by atoms with E-state index in [0.29, 0.717) is 5.69 Å². The number of carbonyl (C=O) groups excluding carboxylic acids is 1. The predicted molar refractivity (Wildman–Crippen MR) is 104 cm³/mol. The Hall–Kier alpha value is -2.76. The van der Waals surface area contributed by atoms with Gasteiger partial charge >= 0.3 is 6.03 Å². The van der Waals surface area contributed by atoms with Crippen LogP contribution >= 0.6 is 0 Å². The van der Waals surface area contributed by atoms with Gasteiger partial charge in [-0.05, 0) is 18.2 Å². The van der Waals surface area contributed by atoms with Crippen LogP contribution in [-0.4, -0.2) is 62.3 Å². The average Bonchev–Trinajstić information content (AvgIpc) is 2.61. The highest BCUT2D eigenvalue weighted by Crippen LogP contribution is 2.20. The van der Waals surface area contributed by atoms with E-state index in [1.165, 1.54) is 33.4 Å². The first-order valence-electron chi connectivity index (χ1n) is 8.23. The number of halogens is 1. The van der Waals surface area contributed by atoms with Gasteiger partial charge in [0.1, 0.15) is 18.2 Å². The van der Waals surface area contributed by atoms with Crippen molar-refractivity contribution in [2.45, 2.75) is 0 Å². The zero-order chi connectivity index (χ0) is 20.7. The second kappa shape index (κ2) is 9.44. The summed E-state index contributed by atoms with van der Waals surface area (Å²) < 4.78 is 45.3. The molecule has 0 spiro atoms. The first kappa shape index (κ1) is 21.5. The van der Waals surface area contributed by atoms with Crippen molar-refractivity contribution < 1.29 is 22.3 Å². The third-order valence-electron chi connectivity index (χ3n) is 3.58. The van der Waals surface area contributed by atoms with E-state index in [-0.39, 0.29) is 24.6 Å². The van der Waals surface area contributed by atoms with Gasteiger partial charge in [0.25, 0.3) is 10.2 Å². The lowest BCUT2D eigenvalue weighted by atomic mass is 10.3. The molecule has 0 fully saturated rings. The van der Waals surface area contributed by atoms with Crippen molar-refractivity contribution in [2.75, 3.05) is 44.9 Å². The summed E-state index contributed by atoms with van der Waals surface area (Å²) in [6.45, 7) is 0.0790. The molecule has 2 rings (SSSR count). The van der Waals surface area contributed by atoms with Crippen molar-refractivity contribution in [3.05, 3.63) is 48.5 Å². The topological polar surface area (TPSA) is 104 Å². The Morgan fingerprint density at radius 3 is 2.54 bits per heavy atom. The highest BCUT2D eigenvalue weighted by atomic mass is 32.2. The fourth-order valence-electron chi connectivity index (χ4n) is 2.13. The molecule has 0 bridgehead atoms. The Kier molecular flexibility index (Phi) is 7.26. The molecule has 2 aromatic rings. The molecule has 0 saturated carbocycles. The van der Waals surface area contributed by atoms with Crippen molar-refractivity contribution in [1.82, 2.24) is 13.6 Å². The van der Waals surface area contributed by atoms with E-state index >= 15 is 0 Å². The molecular formula is C17H22FN5O4S. The number of ether oxygens (including phenoxy) is 1. The van der Waals surface area contributed by atoms with E-state index in [0.717, 1.165) is 20.7 Å². The molecule has 9 nitrogen and oxygen atoms in total. The summed E-state index contributed by atoms with van der Waals surface area (Å²) in [5.74, 6) is -0.448. The molecule has 0 aliphatic carbocycles. The molecular weight excluding hydrogens is 389 g/mol. The number of carbonyl (C=O) groups is 1. The third-order valence-corrected chi connectivity index (χ3v) is 5.47. The van der Waals surface area contributed by atoms with E-state index in [4.69, 9.17) is 4.74 Å². The Labute approximate surface area is 163 Å². The van der Waals surface area contributed by atoms with Crippen molar-refractivity contribution >= 4 is 27.6 Å². The highest BCUT2D eigenvalue weighted by Gasteiger charge is 2.20.